The third kappa shape index (κ3) is 2.35. The number of rotatable bonds is 3. The Kier molecular flexibility index (Phi) is 2.54. The van der Waals surface area contributed by atoms with E-state index in [4.69, 9.17) is 16.0 Å². The summed E-state index contributed by atoms with van der Waals surface area (Å²) < 4.78 is 4.92. The van der Waals surface area contributed by atoms with Gasteiger partial charge in [-0.2, -0.15) is 15.0 Å². The number of aryl methyl sites for hydroxylation is 1. The van der Waals surface area contributed by atoms with Crippen LogP contribution < -0.4 is 16.8 Å². The molecule has 0 aliphatic carbocycles. The molecular formula is C8H11N7O. The molecule has 0 spiro atoms. The highest BCUT2D eigenvalue weighted by molar-refractivity contribution is 5.48. The molecular weight excluding hydrogens is 210 g/mol. The number of nitrogens with two attached hydrogens (primary N) is 2. The largest absolute Gasteiger partial charge is 0.383 e. The van der Waals surface area contributed by atoms with E-state index in [0.717, 1.165) is 0 Å². The van der Waals surface area contributed by atoms with Crippen LogP contribution in [0, 0.1) is 6.92 Å². The molecule has 0 bridgehead atoms. The molecule has 0 aromatic carbocycles. The zero-order valence-corrected chi connectivity index (χ0v) is 8.64. The van der Waals surface area contributed by atoms with Gasteiger partial charge in [0.2, 0.25) is 11.8 Å². The lowest BCUT2D eigenvalue weighted by molar-refractivity contribution is 0.379. The Bertz CT molecular complexity index is 475. The van der Waals surface area contributed by atoms with Crippen LogP contribution in [0.25, 0.3) is 0 Å². The van der Waals surface area contributed by atoms with E-state index in [2.05, 4.69) is 25.4 Å². The summed E-state index contributed by atoms with van der Waals surface area (Å²) in [6, 6.07) is 1.57. The maximum atomic E-state index is 5.51. The SMILES string of the molecule is Cc1noc(CNc2cc(N)nc(N)n2)n1. The van der Waals surface area contributed by atoms with Crippen LogP contribution in [0.2, 0.25) is 0 Å². The quantitative estimate of drug-likeness (QED) is 0.657. The minimum atomic E-state index is 0.115. The summed E-state index contributed by atoms with van der Waals surface area (Å²) in [5, 5.41) is 6.60. The van der Waals surface area contributed by atoms with Crippen molar-refractivity contribution in [2.24, 2.45) is 0 Å². The van der Waals surface area contributed by atoms with Crippen LogP contribution in [-0.2, 0) is 6.54 Å². The highest BCUT2D eigenvalue weighted by atomic mass is 16.5. The molecule has 0 saturated carbocycles. The van der Waals surface area contributed by atoms with E-state index < -0.39 is 0 Å². The maximum Gasteiger partial charge on any atom is 0.245 e. The van der Waals surface area contributed by atoms with Gasteiger partial charge in [0.1, 0.15) is 11.6 Å². The van der Waals surface area contributed by atoms with Crippen molar-refractivity contribution in [1.29, 1.82) is 0 Å². The first kappa shape index (κ1) is 10.1. The van der Waals surface area contributed by atoms with Crippen molar-refractivity contribution in [2.45, 2.75) is 13.5 Å². The molecule has 0 atom stereocenters. The molecule has 0 amide bonds. The molecule has 2 rings (SSSR count). The van der Waals surface area contributed by atoms with Gasteiger partial charge in [-0.3, -0.25) is 0 Å². The molecule has 16 heavy (non-hydrogen) atoms. The summed E-state index contributed by atoms with van der Waals surface area (Å²) in [5.74, 6) is 1.98. The van der Waals surface area contributed by atoms with Crippen LogP contribution in [0.1, 0.15) is 11.7 Å². The van der Waals surface area contributed by atoms with Crippen LogP contribution in [0.5, 0.6) is 0 Å². The first-order valence-corrected chi connectivity index (χ1v) is 4.56. The Balaban J connectivity index is 2.04. The number of nitrogens with zero attached hydrogens (tertiary/aromatic N) is 4. The van der Waals surface area contributed by atoms with E-state index in [9.17, 15) is 0 Å². The van der Waals surface area contributed by atoms with Crippen LogP contribution in [-0.4, -0.2) is 20.1 Å². The monoisotopic (exact) mass is 221 g/mol. The summed E-state index contributed by atoms with van der Waals surface area (Å²) in [6.45, 7) is 2.10. The average molecular weight is 221 g/mol. The molecule has 2 aromatic rings. The topological polar surface area (TPSA) is 129 Å². The van der Waals surface area contributed by atoms with E-state index in [-0.39, 0.29) is 5.95 Å². The molecule has 8 nitrogen and oxygen atoms in total. The van der Waals surface area contributed by atoms with Gasteiger partial charge in [0, 0.05) is 6.07 Å². The molecule has 84 valence electrons. The van der Waals surface area contributed by atoms with Crippen molar-refractivity contribution in [3.63, 3.8) is 0 Å². The molecule has 0 fully saturated rings. The zero-order chi connectivity index (χ0) is 11.5. The third-order valence-electron chi connectivity index (χ3n) is 1.75. The first-order valence-electron chi connectivity index (χ1n) is 4.56. The average Bonchev–Trinajstić information content (AvgIpc) is 2.60. The first-order chi connectivity index (χ1) is 7.63. The lowest BCUT2D eigenvalue weighted by atomic mass is 10.5. The van der Waals surface area contributed by atoms with Gasteiger partial charge in [0.15, 0.2) is 5.82 Å². The second kappa shape index (κ2) is 4.01. The van der Waals surface area contributed by atoms with Crippen molar-refractivity contribution in [1.82, 2.24) is 20.1 Å². The molecule has 0 aliphatic heterocycles. The Hall–Kier alpha value is -2.38. The fourth-order valence-corrected chi connectivity index (χ4v) is 1.15. The Morgan fingerprint density at radius 3 is 2.75 bits per heavy atom. The van der Waals surface area contributed by atoms with Gasteiger partial charge in [-0.25, -0.2) is 0 Å². The maximum absolute atomic E-state index is 5.51. The number of nitrogens with one attached hydrogen (secondary N) is 1. The zero-order valence-electron chi connectivity index (χ0n) is 8.64. The van der Waals surface area contributed by atoms with Crippen molar-refractivity contribution in [3.05, 3.63) is 17.8 Å². The van der Waals surface area contributed by atoms with Gasteiger partial charge < -0.3 is 21.3 Å². The normalized spacial score (nSPS) is 10.3. The second-order valence-electron chi connectivity index (χ2n) is 3.13. The summed E-state index contributed by atoms with van der Waals surface area (Å²) in [5.41, 5.74) is 10.9. The minimum Gasteiger partial charge on any atom is -0.383 e. The number of hydrogen-bond acceptors (Lipinski definition) is 8. The number of nitrogen functional groups attached to an aromatic ring is 2. The van der Waals surface area contributed by atoms with Crippen molar-refractivity contribution < 1.29 is 4.52 Å². The third-order valence-corrected chi connectivity index (χ3v) is 1.75. The predicted octanol–water partition coefficient (Wildman–Crippen LogP) is -0.0555. The number of anilines is 3. The summed E-state index contributed by atoms with van der Waals surface area (Å²) in [6.07, 6.45) is 0. The van der Waals surface area contributed by atoms with E-state index in [1.54, 1.807) is 13.0 Å². The van der Waals surface area contributed by atoms with Gasteiger partial charge >= 0.3 is 0 Å². The van der Waals surface area contributed by atoms with Crippen LogP contribution in [0.15, 0.2) is 10.6 Å². The highest BCUT2D eigenvalue weighted by Gasteiger charge is 2.04. The lowest BCUT2D eigenvalue weighted by Gasteiger charge is -2.03. The fraction of sp³-hybridized carbons (Fsp3) is 0.250. The van der Waals surface area contributed by atoms with Gasteiger partial charge in [-0.1, -0.05) is 5.16 Å². The summed E-state index contributed by atoms with van der Waals surface area (Å²) in [4.78, 5) is 11.7. The van der Waals surface area contributed by atoms with Gasteiger partial charge in [0.05, 0.1) is 6.54 Å². The van der Waals surface area contributed by atoms with Gasteiger partial charge in [-0.05, 0) is 6.92 Å². The van der Waals surface area contributed by atoms with Gasteiger partial charge in [0.25, 0.3) is 0 Å². The van der Waals surface area contributed by atoms with Crippen LogP contribution in [0.4, 0.5) is 17.6 Å². The molecule has 5 N–H and O–H groups in total. The second-order valence-corrected chi connectivity index (χ2v) is 3.13. The van der Waals surface area contributed by atoms with Crippen molar-refractivity contribution in [3.8, 4) is 0 Å². The summed E-state index contributed by atoms with van der Waals surface area (Å²) in [7, 11) is 0. The number of aromatic nitrogens is 4. The highest BCUT2D eigenvalue weighted by Crippen LogP contribution is 2.10. The van der Waals surface area contributed by atoms with E-state index in [1.807, 2.05) is 0 Å². The minimum absolute atomic E-state index is 0.115. The van der Waals surface area contributed by atoms with E-state index >= 15 is 0 Å². The standard InChI is InChI=1S/C8H11N7O/c1-4-12-7(16-15-4)3-11-6-2-5(9)13-8(10)14-6/h2H,3H2,1H3,(H5,9,10,11,13,14). The predicted molar refractivity (Wildman–Crippen MR) is 57.2 cm³/mol. The van der Waals surface area contributed by atoms with Crippen molar-refractivity contribution in [2.75, 3.05) is 16.8 Å². The fourth-order valence-electron chi connectivity index (χ4n) is 1.15. The molecule has 0 aliphatic rings. The lowest BCUT2D eigenvalue weighted by Crippen LogP contribution is -2.06. The van der Waals surface area contributed by atoms with E-state index in [0.29, 0.717) is 29.9 Å². The Labute approximate surface area is 91.1 Å². The Morgan fingerprint density at radius 1 is 1.31 bits per heavy atom. The molecule has 0 unspecified atom stereocenters. The van der Waals surface area contributed by atoms with Crippen LogP contribution >= 0.6 is 0 Å². The smallest absolute Gasteiger partial charge is 0.245 e. The molecule has 2 aromatic heterocycles. The Morgan fingerprint density at radius 2 is 2.12 bits per heavy atom. The molecule has 2 heterocycles. The number of hydrogen-bond donors (Lipinski definition) is 3. The molecule has 0 saturated heterocycles. The van der Waals surface area contributed by atoms with Crippen LogP contribution in [0.3, 0.4) is 0 Å². The molecule has 0 radical (unpaired) electrons. The molecule has 8 heteroatoms. The van der Waals surface area contributed by atoms with Gasteiger partial charge in [-0.15, -0.1) is 0 Å². The van der Waals surface area contributed by atoms with Crippen molar-refractivity contribution >= 4 is 17.6 Å². The van der Waals surface area contributed by atoms with E-state index in [1.165, 1.54) is 0 Å². The summed E-state index contributed by atoms with van der Waals surface area (Å²) >= 11 is 0.